The highest BCUT2D eigenvalue weighted by Crippen LogP contribution is 2.32. The first-order valence-electron chi connectivity index (χ1n) is 11.0. The molecule has 0 radical (unpaired) electrons. The van der Waals surface area contributed by atoms with Crippen molar-refractivity contribution in [1.29, 1.82) is 0 Å². The fraction of sp³-hybridized carbons (Fsp3) is 0.240. The van der Waals surface area contributed by atoms with E-state index in [0.717, 1.165) is 36.3 Å². The van der Waals surface area contributed by atoms with Crippen molar-refractivity contribution in [2.75, 3.05) is 18.0 Å². The van der Waals surface area contributed by atoms with Gasteiger partial charge in [-0.3, -0.25) is 9.48 Å². The zero-order chi connectivity index (χ0) is 23.7. The van der Waals surface area contributed by atoms with Crippen molar-refractivity contribution in [3.05, 3.63) is 94.9 Å². The molecule has 0 aliphatic carbocycles. The minimum Gasteiger partial charge on any atom is -0.371 e. The summed E-state index contributed by atoms with van der Waals surface area (Å²) in [6.07, 6.45) is 0.522. The maximum Gasteiger partial charge on any atom is 0.416 e. The Morgan fingerprint density at radius 3 is 2.24 bits per heavy atom. The van der Waals surface area contributed by atoms with Crippen LogP contribution in [0.15, 0.2) is 83.9 Å². The van der Waals surface area contributed by atoms with Gasteiger partial charge >= 0.3 is 6.18 Å². The summed E-state index contributed by atoms with van der Waals surface area (Å²) in [5.74, 6) is 0. The molecule has 2 aromatic carbocycles. The monoisotopic (exact) mass is 465 g/mol. The summed E-state index contributed by atoms with van der Waals surface area (Å²) in [6.45, 7) is 1.36. The van der Waals surface area contributed by atoms with E-state index in [2.05, 4.69) is 15.1 Å². The topological polar surface area (TPSA) is 56.0 Å². The standard InChI is InChI=1S/C25H22F3N5O/c26-25(27,28)18-6-8-19(9-7-18)31-15-11-20(12-16-31)32-17-13-23(34)24(30-32)22-10-14-29-33(22)21-4-2-1-3-5-21/h1-10,13-14,17,20H,11-12,15-16H2. The maximum atomic E-state index is 12.8. The Morgan fingerprint density at radius 2 is 1.56 bits per heavy atom. The van der Waals surface area contributed by atoms with E-state index in [-0.39, 0.29) is 11.5 Å². The Labute approximate surface area is 193 Å². The number of para-hydroxylation sites is 1. The molecule has 34 heavy (non-hydrogen) atoms. The van der Waals surface area contributed by atoms with Crippen LogP contribution in [0.2, 0.25) is 0 Å². The fourth-order valence-corrected chi connectivity index (χ4v) is 4.31. The number of aromatic nitrogens is 4. The summed E-state index contributed by atoms with van der Waals surface area (Å²) >= 11 is 0. The van der Waals surface area contributed by atoms with Crippen LogP contribution in [0.5, 0.6) is 0 Å². The molecule has 1 aliphatic rings. The van der Waals surface area contributed by atoms with Gasteiger partial charge in [-0.1, -0.05) is 18.2 Å². The molecule has 0 atom stereocenters. The highest BCUT2D eigenvalue weighted by molar-refractivity contribution is 5.56. The average molecular weight is 465 g/mol. The van der Waals surface area contributed by atoms with Crippen molar-refractivity contribution in [3.63, 3.8) is 0 Å². The molecule has 0 spiro atoms. The predicted octanol–water partition coefficient (Wildman–Crippen LogP) is 4.96. The lowest BCUT2D eigenvalue weighted by molar-refractivity contribution is -0.137. The Hall–Kier alpha value is -3.88. The van der Waals surface area contributed by atoms with Crippen molar-refractivity contribution in [3.8, 4) is 17.1 Å². The van der Waals surface area contributed by atoms with Crippen LogP contribution < -0.4 is 10.3 Å². The second kappa shape index (κ2) is 8.81. The quantitative estimate of drug-likeness (QED) is 0.428. The summed E-state index contributed by atoms with van der Waals surface area (Å²) in [5.41, 5.74) is 1.72. The molecule has 1 fully saturated rings. The third kappa shape index (κ3) is 4.33. The third-order valence-electron chi connectivity index (χ3n) is 6.11. The minimum atomic E-state index is -4.34. The summed E-state index contributed by atoms with van der Waals surface area (Å²) in [4.78, 5) is 14.7. The molecule has 9 heteroatoms. The van der Waals surface area contributed by atoms with Crippen molar-refractivity contribution >= 4 is 5.69 Å². The van der Waals surface area contributed by atoms with Gasteiger partial charge in [0, 0.05) is 31.0 Å². The van der Waals surface area contributed by atoms with Crippen LogP contribution in [0.3, 0.4) is 0 Å². The van der Waals surface area contributed by atoms with Crippen LogP contribution in [0.25, 0.3) is 17.1 Å². The van der Waals surface area contributed by atoms with E-state index in [4.69, 9.17) is 0 Å². The molecule has 2 aromatic heterocycles. The molecule has 1 aliphatic heterocycles. The molecule has 0 amide bonds. The van der Waals surface area contributed by atoms with Crippen LogP contribution in [-0.2, 0) is 6.18 Å². The zero-order valence-corrected chi connectivity index (χ0v) is 18.2. The van der Waals surface area contributed by atoms with E-state index in [1.807, 2.05) is 35.0 Å². The summed E-state index contributed by atoms with van der Waals surface area (Å²) in [6, 6.07) is 18.2. The number of hydrogen-bond donors (Lipinski definition) is 0. The number of piperidine rings is 1. The molecule has 0 bridgehead atoms. The number of rotatable bonds is 4. The Bertz CT molecular complexity index is 1320. The second-order valence-electron chi connectivity index (χ2n) is 8.24. The number of anilines is 1. The molecule has 1 saturated heterocycles. The van der Waals surface area contributed by atoms with Gasteiger partial charge in [0.25, 0.3) is 0 Å². The summed E-state index contributed by atoms with van der Waals surface area (Å²) < 4.78 is 42.0. The average Bonchev–Trinajstić information content (AvgIpc) is 3.34. The van der Waals surface area contributed by atoms with Crippen molar-refractivity contribution < 1.29 is 13.2 Å². The van der Waals surface area contributed by atoms with Crippen LogP contribution in [0, 0.1) is 0 Å². The van der Waals surface area contributed by atoms with Gasteiger partial charge in [-0.2, -0.15) is 23.4 Å². The molecule has 4 aromatic rings. The van der Waals surface area contributed by atoms with Gasteiger partial charge in [-0.15, -0.1) is 0 Å². The first-order valence-corrected chi connectivity index (χ1v) is 11.0. The molecule has 0 unspecified atom stereocenters. The first kappa shape index (κ1) is 21.9. The molecule has 5 rings (SSSR count). The number of nitrogens with zero attached hydrogens (tertiary/aromatic N) is 5. The molecule has 174 valence electrons. The Balaban J connectivity index is 1.34. The van der Waals surface area contributed by atoms with Gasteiger partial charge in [-0.05, 0) is 55.3 Å². The van der Waals surface area contributed by atoms with E-state index in [9.17, 15) is 18.0 Å². The van der Waals surface area contributed by atoms with Gasteiger partial charge in [-0.25, -0.2) is 4.68 Å². The molecular formula is C25H22F3N5O. The van der Waals surface area contributed by atoms with Gasteiger partial charge in [0.2, 0.25) is 5.43 Å². The highest BCUT2D eigenvalue weighted by Gasteiger charge is 2.30. The zero-order valence-electron chi connectivity index (χ0n) is 18.2. The van der Waals surface area contributed by atoms with Gasteiger partial charge in [0.05, 0.1) is 29.2 Å². The second-order valence-corrected chi connectivity index (χ2v) is 8.24. The number of benzene rings is 2. The van der Waals surface area contributed by atoms with E-state index < -0.39 is 11.7 Å². The normalized spacial score (nSPS) is 15.0. The SMILES string of the molecule is O=c1ccn(C2CCN(c3ccc(C(F)(F)F)cc3)CC2)nc1-c1ccnn1-c1ccccc1. The van der Waals surface area contributed by atoms with Crippen molar-refractivity contribution in [2.45, 2.75) is 25.1 Å². The smallest absolute Gasteiger partial charge is 0.371 e. The fourth-order valence-electron chi connectivity index (χ4n) is 4.31. The number of hydrogen-bond acceptors (Lipinski definition) is 4. The number of alkyl halides is 3. The van der Waals surface area contributed by atoms with Crippen LogP contribution >= 0.6 is 0 Å². The lowest BCUT2D eigenvalue weighted by atomic mass is 10.0. The van der Waals surface area contributed by atoms with Gasteiger partial charge in [0.15, 0.2) is 5.69 Å². The third-order valence-corrected chi connectivity index (χ3v) is 6.11. The van der Waals surface area contributed by atoms with E-state index >= 15 is 0 Å². The molecule has 3 heterocycles. The van der Waals surface area contributed by atoms with E-state index in [0.29, 0.717) is 24.5 Å². The minimum absolute atomic E-state index is 0.0816. The van der Waals surface area contributed by atoms with Crippen LogP contribution in [-0.4, -0.2) is 32.7 Å². The van der Waals surface area contributed by atoms with Crippen molar-refractivity contribution in [2.24, 2.45) is 0 Å². The largest absolute Gasteiger partial charge is 0.416 e. The van der Waals surface area contributed by atoms with E-state index in [1.54, 1.807) is 23.1 Å². The Morgan fingerprint density at radius 1 is 0.853 bits per heavy atom. The summed E-state index contributed by atoms with van der Waals surface area (Å²) in [5, 5.41) is 9.02. The van der Waals surface area contributed by atoms with Crippen LogP contribution in [0.1, 0.15) is 24.4 Å². The highest BCUT2D eigenvalue weighted by atomic mass is 19.4. The first-order chi connectivity index (χ1) is 16.4. The van der Waals surface area contributed by atoms with Crippen LogP contribution in [0.4, 0.5) is 18.9 Å². The molecule has 6 nitrogen and oxygen atoms in total. The number of halogens is 3. The van der Waals surface area contributed by atoms with Gasteiger partial charge < -0.3 is 4.90 Å². The maximum absolute atomic E-state index is 12.8. The molecule has 0 N–H and O–H groups in total. The summed E-state index contributed by atoms with van der Waals surface area (Å²) in [7, 11) is 0. The van der Waals surface area contributed by atoms with Crippen molar-refractivity contribution in [1.82, 2.24) is 19.6 Å². The van der Waals surface area contributed by atoms with E-state index in [1.165, 1.54) is 18.2 Å². The molecule has 0 saturated carbocycles. The molecular weight excluding hydrogens is 443 g/mol. The lowest BCUT2D eigenvalue weighted by Crippen LogP contribution is -2.35. The lowest BCUT2D eigenvalue weighted by Gasteiger charge is -2.34. The predicted molar refractivity (Wildman–Crippen MR) is 123 cm³/mol. The van der Waals surface area contributed by atoms with Gasteiger partial charge in [0.1, 0.15) is 0 Å². The Kier molecular flexibility index (Phi) is 5.69.